The maximum absolute atomic E-state index is 9.66. The number of nitriles is 1. The molecule has 1 unspecified atom stereocenters. The SMILES string of the molecule is CCOc1ccc(C)cc1-c1nc2nc(C#N)nc(NC(C)C3CCC3)c2n1Cc1ccc(Cl)cc1. The van der Waals surface area contributed by atoms with Crippen LogP contribution in [0.15, 0.2) is 42.5 Å². The van der Waals surface area contributed by atoms with Crippen molar-refractivity contribution >= 4 is 28.6 Å². The molecule has 184 valence electrons. The third kappa shape index (κ3) is 4.74. The van der Waals surface area contributed by atoms with Gasteiger partial charge in [-0.3, -0.25) is 0 Å². The molecule has 0 saturated heterocycles. The summed E-state index contributed by atoms with van der Waals surface area (Å²) in [5.74, 6) is 2.79. The summed E-state index contributed by atoms with van der Waals surface area (Å²) < 4.78 is 8.10. The van der Waals surface area contributed by atoms with E-state index in [2.05, 4.69) is 38.9 Å². The van der Waals surface area contributed by atoms with Crippen molar-refractivity contribution in [3.05, 3.63) is 64.4 Å². The number of aryl methyl sites for hydroxylation is 1. The minimum absolute atomic E-state index is 0.0998. The number of halogens is 1. The fraction of sp³-hybridized carbons (Fsp3) is 0.357. The fourth-order valence-electron chi connectivity index (χ4n) is 4.69. The van der Waals surface area contributed by atoms with Crippen LogP contribution in [0.5, 0.6) is 5.75 Å². The zero-order chi connectivity index (χ0) is 25.2. The van der Waals surface area contributed by atoms with Gasteiger partial charge in [-0.15, -0.1) is 0 Å². The lowest BCUT2D eigenvalue weighted by atomic mass is 9.80. The number of imidazole rings is 1. The molecule has 4 aromatic rings. The minimum Gasteiger partial charge on any atom is -0.493 e. The van der Waals surface area contributed by atoms with E-state index in [9.17, 15) is 5.26 Å². The van der Waals surface area contributed by atoms with Crippen molar-refractivity contribution in [3.63, 3.8) is 0 Å². The number of rotatable bonds is 8. The Morgan fingerprint density at radius 1 is 1.17 bits per heavy atom. The first kappa shape index (κ1) is 24.1. The molecule has 2 aromatic heterocycles. The van der Waals surface area contributed by atoms with Gasteiger partial charge in [-0.1, -0.05) is 41.8 Å². The van der Waals surface area contributed by atoms with Crippen LogP contribution in [-0.2, 0) is 6.54 Å². The molecule has 1 saturated carbocycles. The lowest BCUT2D eigenvalue weighted by Crippen LogP contribution is -2.31. The monoisotopic (exact) mass is 500 g/mol. The number of benzene rings is 2. The molecule has 1 N–H and O–H groups in total. The van der Waals surface area contributed by atoms with Gasteiger partial charge in [0.1, 0.15) is 23.2 Å². The molecule has 1 atom stereocenters. The molecule has 1 aliphatic rings. The molecule has 2 aromatic carbocycles. The average molecular weight is 501 g/mol. The molecule has 0 bridgehead atoms. The summed E-state index contributed by atoms with van der Waals surface area (Å²) in [7, 11) is 0. The van der Waals surface area contributed by atoms with Crippen LogP contribution in [0.4, 0.5) is 5.82 Å². The topological polar surface area (TPSA) is 88.7 Å². The predicted octanol–water partition coefficient (Wildman–Crippen LogP) is 6.37. The van der Waals surface area contributed by atoms with Crippen LogP contribution in [0, 0.1) is 24.2 Å². The number of nitrogens with zero attached hydrogens (tertiary/aromatic N) is 5. The van der Waals surface area contributed by atoms with Gasteiger partial charge in [-0.25, -0.2) is 4.98 Å². The highest BCUT2D eigenvalue weighted by molar-refractivity contribution is 6.30. The maximum Gasteiger partial charge on any atom is 0.236 e. The van der Waals surface area contributed by atoms with Gasteiger partial charge in [0.15, 0.2) is 11.5 Å². The number of anilines is 1. The van der Waals surface area contributed by atoms with Crippen LogP contribution in [0.1, 0.15) is 50.1 Å². The minimum atomic E-state index is 0.0998. The summed E-state index contributed by atoms with van der Waals surface area (Å²) >= 11 is 6.16. The van der Waals surface area contributed by atoms with Crippen LogP contribution < -0.4 is 10.1 Å². The highest BCUT2D eigenvalue weighted by atomic mass is 35.5. The van der Waals surface area contributed by atoms with Gasteiger partial charge in [0.25, 0.3) is 0 Å². The van der Waals surface area contributed by atoms with Gasteiger partial charge in [-0.2, -0.15) is 15.2 Å². The van der Waals surface area contributed by atoms with Crippen molar-refractivity contribution in [3.8, 4) is 23.2 Å². The van der Waals surface area contributed by atoms with Crippen LogP contribution in [-0.4, -0.2) is 32.2 Å². The summed E-state index contributed by atoms with van der Waals surface area (Å²) in [5.41, 5.74) is 4.29. The van der Waals surface area contributed by atoms with Crippen LogP contribution >= 0.6 is 11.6 Å². The smallest absolute Gasteiger partial charge is 0.236 e. The summed E-state index contributed by atoms with van der Waals surface area (Å²) in [6.45, 7) is 7.27. The molecule has 0 radical (unpaired) electrons. The van der Waals surface area contributed by atoms with E-state index in [4.69, 9.17) is 21.3 Å². The Hall–Kier alpha value is -3.63. The molecule has 5 rings (SSSR count). The van der Waals surface area contributed by atoms with Crippen molar-refractivity contribution < 1.29 is 4.74 Å². The predicted molar refractivity (Wildman–Crippen MR) is 142 cm³/mol. The molecule has 1 fully saturated rings. The lowest BCUT2D eigenvalue weighted by Gasteiger charge is -2.32. The van der Waals surface area contributed by atoms with Crippen molar-refractivity contribution in [1.29, 1.82) is 5.26 Å². The number of fused-ring (bicyclic) bond motifs is 1. The third-order valence-corrected chi connectivity index (χ3v) is 7.11. The maximum atomic E-state index is 9.66. The largest absolute Gasteiger partial charge is 0.493 e. The van der Waals surface area contributed by atoms with E-state index in [0.29, 0.717) is 35.6 Å². The first-order chi connectivity index (χ1) is 17.5. The van der Waals surface area contributed by atoms with E-state index < -0.39 is 0 Å². The zero-order valence-corrected chi connectivity index (χ0v) is 21.5. The van der Waals surface area contributed by atoms with Crippen LogP contribution in [0.25, 0.3) is 22.6 Å². The number of ether oxygens (including phenoxy) is 1. The Bertz CT molecular complexity index is 1440. The van der Waals surface area contributed by atoms with E-state index in [-0.39, 0.29) is 11.9 Å². The molecule has 0 amide bonds. The number of aromatic nitrogens is 4. The lowest BCUT2D eigenvalue weighted by molar-refractivity contribution is 0.285. The quantitative estimate of drug-likeness (QED) is 0.302. The number of hydrogen-bond donors (Lipinski definition) is 1. The van der Waals surface area contributed by atoms with Gasteiger partial charge >= 0.3 is 0 Å². The molecule has 1 aliphatic carbocycles. The summed E-state index contributed by atoms with van der Waals surface area (Å²) in [6, 6.07) is 16.2. The summed E-state index contributed by atoms with van der Waals surface area (Å²) in [5, 5.41) is 13.9. The highest BCUT2D eigenvalue weighted by Crippen LogP contribution is 2.36. The van der Waals surface area contributed by atoms with E-state index in [0.717, 1.165) is 33.8 Å². The first-order valence-electron chi connectivity index (χ1n) is 12.4. The Morgan fingerprint density at radius 2 is 1.94 bits per heavy atom. The summed E-state index contributed by atoms with van der Waals surface area (Å²) in [6.07, 6.45) is 3.65. The molecular weight excluding hydrogens is 472 g/mol. The number of nitrogens with one attached hydrogen (secondary N) is 1. The summed E-state index contributed by atoms with van der Waals surface area (Å²) in [4.78, 5) is 14.0. The Morgan fingerprint density at radius 3 is 2.61 bits per heavy atom. The molecule has 7 nitrogen and oxygen atoms in total. The van der Waals surface area contributed by atoms with Gasteiger partial charge in [-0.05, 0) is 69.4 Å². The second-order valence-electron chi connectivity index (χ2n) is 9.38. The van der Waals surface area contributed by atoms with E-state index >= 15 is 0 Å². The molecule has 0 aliphatic heterocycles. The highest BCUT2D eigenvalue weighted by Gasteiger charge is 2.27. The molecule has 0 spiro atoms. The Kier molecular flexibility index (Phi) is 6.80. The van der Waals surface area contributed by atoms with E-state index in [1.54, 1.807) is 0 Å². The van der Waals surface area contributed by atoms with Gasteiger partial charge in [0.2, 0.25) is 5.82 Å². The second-order valence-corrected chi connectivity index (χ2v) is 9.82. The van der Waals surface area contributed by atoms with Crippen LogP contribution in [0.2, 0.25) is 5.02 Å². The van der Waals surface area contributed by atoms with Crippen molar-refractivity contribution in [2.24, 2.45) is 5.92 Å². The van der Waals surface area contributed by atoms with Gasteiger partial charge in [0, 0.05) is 17.6 Å². The van der Waals surface area contributed by atoms with E-state index in [1.165, 1.54) is 19.3 Å². The van der Waals surface area contributed by atoms with E-state index in [1.807, 2.05) is 50.2 Å². The standard InChI is InChI=1S/C28H29ClN6O/c1-4-36-23-13-8-17(2)14-22(23)28-34-27-25(35(28)16-19-9-11-21(29)12-10-19)26(32-24(15-30)33-27)31-18(3)20-6-5-7-20/h8-14,18,20H,4-7,16H2,1-3H3,(H,31,32,33). The third-order valence-electron chi connectivity index (χ3n) is 6.85. The zero-order valence-electron chi connectivity index (χ0n) is 20.8. The molecule has 8 heteroatoms. The molecule has 36 heavy (non-hydrogen) atoms. The van der Waals surface area contributed by atoms with Crippen molar-refractivity contribution in [1.82, 2.24) is 19.5 Å². The Balaban J connectivity index is 1.73. The average Bonchev–Trinajstić information content (AvgIpc) is 3.18. The first-order valence-corrected chi connectivity index (χ1v) is 12.8. The Labute approximate surface area is 216 Å². The number of hydrogen-bond acceptors (Lipinski definition) is 6. The van der Waals surface area contributed by atoms with Crippen LogP contribution in [0.3, 0.4) is 0 Å². The van der Waals surface area contributed by atoms with Gasteiger partial charge in [0.05, 0.1) is 12.2 Å². The molecule has 2 heterocycles. The van der Waals surface area contributed by atoms with Crippen molar-refractivity contribution in [2.75, 3.05) is 11.9 Å². The second kappa shape index (κ2) is 10.2. The normalized spacial score (nSPS) is 14.3. The fourth-order valence-corrected chi connectivity index (χ4v) is 4.82. The molecular formula is C28H29ClN6O. The van der Waals surface area contributed by atoms with Crippen molar-refractivity contribution in [2.45, 2.75) is 52.6 Å². The van der Waals surface area contributed by atoms with Gasteiger partial charge < -0.3 is 14.6 Å².